The highest BCUT2D eigenvalue weighted by Crippen LogP contribution is 2.13. The zero-order valence-electron chi connectivity index (χ0n) is 7.69. The Bertz CT molecular complexity index is 431. The Balaban J connectivity index is 2.14. The van der Waals surface area contributed by atoms with Gasteiger partial charge in [0.1, 0.15) is 10.8 Å². The molecular formula is C10H9NO2S. The van der Waals surface area contributed by atoms with Gasteiger partial charge in [-0.25, -0.2) is 4.98 Å². The second kappa shape index (κ2) is 3.75. The molecule has 4 heteroatoms. The quantitative estimate of drug-likeness (QED) is 0.726. The lowest BCUT2D eigenvalue weighted by molar-refractivity contribution is 0.0991. The number of furan rings is 1. The number of nitrogens with zero attached hydrogens (tertiary/aromatic N) is 1. The highest BCUT2D eigenvalue weighted by atomic mass is 32.1. The molecule has 0 aliphatic carbocycles. The van der Waals surface area contributed by atoms with Crippen LogP contribution in [0.3, 0.4) is 0 Å². The topological polar surface area (TPSA) is 43.1 Å². The van der Waals surface area contributed by atoms with Gasteiger partial charge in [0.15, 0.2) is 5.78 Å². The predicted octanol–water partition coefficient (Wildman–Crippen LogP) is 2.47. The van der Waals surface area contributed by atoms with Gasteiger partial charge >= 0.3 is 0 Å². The molecule has 0 bridgehead atoms. The van der Waals surface area contributed by atoms with Crippen molar-refractivity contribution in [2.24, 2.45) is 0 Å². The number of Topliss-reactive ketones (excluding diaryl/α,β-unsaturated/α-hetero) is 1. The van der Waals surface area contributed by atoms with Crippen LogP contribution in [0.4, 0.5) is 0 Å². The predicted molar refractivity (Wildman–Crippen MR) is 53.6 cm³/mol. The maximum absolute atomic E-state index is 11.7. The van der Waals surface area contributed by atoms with Crippen molar-refractivity contribution in [3.8, 4) is 0 Å². The summed E-state index contributed by atoms with van der Waals surface area (Å²) in [5, 5.41) is 2.71. The molecule has 0 aliphatic rings. The van der Waals surface area contributed by atoms with Crippen LogP contribution in [0.2, 0.25) is 0 Å². The van der Waals surface area contributed by atoms with Gasteiger partial charge in [0.25, 0.3) is 0 Å². The molecule has 0 atom stereocenters. The molecular weight excluding hydrogens is 198 g/mol. The van der Waals surface area contributed by atoms with Gasteiger partial charge in [0, 0.05) is 11.6 Å². The molecule has 3 nitrogen and oxygen atoms in total. The zero-order chi connectivity index (χ0) is 9.97. The molecule has 2 rings (SSSR count). The number of aryl methyl sites for hydroxylation is 1. The first kappa shape index (κ1) is 9.15. The van der Waals surface area contributed by atoms with Gasteiger partial charge in [-0.1, -0.05) is 0 Å². The van der Waals surface area contributed by atoms with E-state index in [-0.39, 0.29) is 5.78 Å². The van der Waals surface area contributed by atoms with Crippen LogP contribution in [0.1, 0.15) is 21.1 Å². The molecule has 2 aromatic rings. The van der Waals surface area contributed by atoms with E-state index in [0.717, 1.165) is 5.01 Å². The fourth-order valence-electron chi connectivity index (χ4n) is 1.25. The number of rotatable bonds is 3. The summed E-state index contributed by atoms with van der Waals surface area (Å²) in [6.45, 7) is 1.79. The van der Waals surface area contributed by atoms with Gasteiger partial charge in [-0.15, -0.1) is 11.3 Å². The third-order valence-electron chi connectivity index (χ3n) is 1.95. The van der Waals surface area contributed by atoms with Crippen molar-refractivity contribution >= 4 is 17.1 Å². The van der Waals surface area contributed by atoms with Gasteiger partial charge in [-0.2, -0.15) is 0 Å². The van der Waals surface area contributed by atoms with Crippen molar-refractivity contribution in [2.75, 3.05) is 0 Å². The van der Waals surface area contributed by atoms with Crippen molar-refractivity contribution in [1.29, 1.82) is 0 Å². The third-order valence-corrected chi connectivity index (χ3v) is 2.73. The Hall–Kier alpha value is -1.42. The molecule has 0 N–H and O–H groups in total. The minimum atomic E-state index is 0.0613. The molecule has 0 unspecified atom stereocenters. The molecule has 0 amide bonds. The largest absolute Gasteiger partial charge is 0.469 e. The van der Waals surface area contributed by atoms with Crippen LogP contribution < -0.4 is 0 Å². The van der Waals surface area contributed by atoms with Crippen molar-refractivity contribution in [2.45, 2.75) is 13.3 Å². The number of hydrogen-bond donors (Lipinski definition) is 0. The van der Waals surface area contributed by atoms with Gasteiger partial charge in [0.05, 0.1) is 18.2 Å². The average Bonchev–Trinajstić information content (AvgIpc) is 2.75. The lowest BCUT2D eigenvalue weighted by Crippen LogP contribution is -2.03. The van der Waals surface area contributed by atoms with E-state index >= 15 is 0 Å². The van der Waals surface area contributed by atoms with E-state index in [2.05, 4.69) is 4.98 Å². The number of carbonyl (C=O) groups is 1. The standard InChI is InChI=1S/C10H9NO2S/c1-7-8(2-4-13-7)9(12)6-10-11-3-5-14-10/h2-5H,6H2,1H3. The Labute approximate surface area is 85.4 Å². The summed E-state index contributed by atoms with van der Waals surface area (Å²) in [4.78, 5) is 15.8. The Morgan fingerprint density at radius 3 is 3.07 bits per heavy atom. The molecule has 14 heavy (non-hydrogen) atoms. The summed E-state index contributed by atoms with van der Waals surface area (Å²) >= 11 is 1.49. The van der Waals surface area contributed by atoms with E-state index < -0.39 is 0 Å². The lowest BCUT2D eigenvalue weighted by Gasteiger charge is -1.95. The molecule has 0 radical (unpaired) electrons. The molecule has 2 aromatic heterocycles. The Kier molecular flexibility index (Phi) is 2.45. The lowest BCUT2D eigenvalue weighted by atomic mass is 10.1. The number of thiazole rings is 1. The zero-order valence-corrected chi connectivity index (χ0v) is 8.50. The summed E-state index contributed by atoms with van der Waals surface area (Å²) < 4.78 is 5.07. The van der Waals surface area contributed by atoms with Crippen LogP contribution in [0.25, 0.3) is 0 Å². The maximum Gasteiger partial charge on any atom is 0.173 e. The van der Waals surface area contributed by atoms with Crippen LogP contribution in [-0.4, -0.2) is 10.8 Å². The van der Waals surface area contributed by atoms with Gasteiger partial charge in [-0.05, 0) is 13.0 Å². The van der Waals surface area contributed by atoms with Gasteiger partial charge < -0.3 is 4.42 Å². The second-order valence-corrected chi connectivity index (χ2v) is 3.90. The highest BCUT2D eigenvalue weighted by molar-refractivity contribution is 7.09. The SMILES string of the molecule is Cc1occc1C(=O)Cc1nccs1. The van der Waals surface area contributed by atoms with Crippen LogP contribution in [0.15, 0.2) is 28.3 Å². The van der Waals surface area contributed by atoms with Crippen LogP contribution >= 0.6 is 11.3 Å². The molecule has 0 spiro atoms. The second-order valence-electron chi connectivity index (χ2n) is 2.92. The minimum absolute atomic E-state index is 0.0613. The van der Waals surface area contributed by atoms with Crippen LogP contribution in [0, 0.1) is 6.92 Å². The van der Waals surface area contributed by atoms with Crippen molar-refractivity contribution in [3.05, 3.63) is 40.2 Å². The summed E-state index contributed by atoms with van der Waals surface area (Å²) in [6, 6.07) is 1.70. The third kappa shape index (κ3) is 1.75. The molecule has 2 heterocycles. The van der Waals surface area contributed by atoms with Crippen LogP contribution in [0.5, 0.6) is 0 Å². The summed E-state index contributed by atoms with van der Waals surface area (Å²) in [6.07, 6.45) is 3.60. The number of carbonyl (C=O) groups excluding carboxylic acids is 1. The monoisotopic (exact) mass is 207 g/mol. The van der Waals surface area contributed by atoms with Crippen molar-refractivity contribution in [1.82, 2.24) is 4.98 Å². The molecule has 0 saturated heterocycles. The fourth-order valence-corrected chi connectivity index (χ4v) is 1.86. The summed E-state index contributed by atoms with van der Waals surface area (Å²) in [7, 11) is 0. The summed E-state index contributed by atoms with van der Waals surface area (Å²) in [5.74, 6) is 0.734. The number of aromatic nitrogens is 1. The minimum Gasteiger partial charge on any atom is -0.469 e. The average molecular weight is 207 g/mol. The highest BCUT2D eigenvalue weighted by Gasteiger charge is 2.12. The smallest absolute Gasteiger partial charge is 0.173 e. The fraction of sp³-hybridized carbons (Fsp3) is 0.200. The first-order chi connectivity index (χ1) is 6.77. The van der Waals surface area contributed by atoms with Gasteiger partial charge in [0.2, 0.25) is 0 Å². The van der Waals surface area contributed by atoms with Crippen molar-refractivity contribution < 1.29 is 9.21 Å². The van der Waals surface area contributed by atoms with E-state index in [4.69, 9.17) is 4.42 Å². The number of hydrogen-bond acceptors (Lipinski definition) is 4. The molecule has 0 aromatic carbocycles. The van der Waals surface area contributed by atoms with E-state index in [1.165, 1.54) is 17.6 Å². The molecule has 0 aliphatic heterocycles. The Morgan fingerprint density at radius 2 is 2.50 bits per heavy atom. The summed E-state index contributed by atoms with van der Waals surface area (Å²) in [5.41, 5.74) is 0.653. The van der Waals surface area contributed by atoms with E-state index in [0.29, 0.717) is 17.7 Å². The van der Waals surface area contributed by atoms with Gasteiger partial charge in [-0.3, -0.25) is 4.79 Å². The van der Waals surface area contributed by atoms with Crippen molar-refractivity contribution in [3.63, 3.8) is 0 Å². The van der Waals surface area contributed by atoms with E-state index in [1.807, 2.05) is 5.38 Å². The normalized spacial score (nSPS) is 10.4. The maximum atomic E-state index is 11.7. The molecule has 0 fully saturated rings. The first-order valence-electron chi connectivity index (χ1n) is 4.23. The molecule has 0 saturated carbocycles. The first-order valence-corrected chi connectivity index (χ1v) is 5.11. The number of ketones is 1. The molecule has 72 valence electrons. The van der Waals surface area contributed by atoms with Crippen LogP contribution in [-0.2, 0) is 6.42 Å². The Morgan fingerprint density at radius 1 is 1.64 bits per heavy atom. The van der Waals surface area contributed by atoms with E-state index in [1.54, 1.807) is 19.2 Å². The van der Waals surface area contributed by atoms with E-state index in [9.17, 15) is 4.79 Å².